The van der Waals surface area contributed by atoms with Crippen LogP contribution in [-0.4, -0.2) is 14.9 Å². The molecule has 1 aromatic heterocycles. The van der Waals surface area contributed by atoms with E-state index in [-0.39, 0.29) is 5.41 Å². The van der Waals surface area contributed by atoms with E-state index < -0.39 is 0 Å². The number of hydrogen-bond donors (Lipinski definition) is 1. The fraction of sp³-hybridized carbons (Fsp3) is 0.263. The molecule has 136 valence electrons. The summed E-state index contributed by atoms with van der Waals surface area (Å²) in [6.45, 7) is 6.55. The van der Waals surface area contributed by atoms with Gasteiger partial charge in [-0.25, -0.2) is 4.68 Å². The number of rotatable bonds is 4. The van der Waals surface area contributed by atoms with E-state index in [0.29, 0.717) is 26.8 Å². The SMILES string of the molecule is CC(C)(C)c1ccc(-c2nnc(SCc3c(Cl)cccc3Cl)n2N)cc1. The maximum absolute atomic E-state index is 6.22. The van der Waals surface area contributed by atoms with Gasteiger partial charge in [-0.3, -0.25) is 0 Å². The standard InChI is InChI=1S/C19H20Cl2N4S/c1-19(2,3)13-9-7-12(8-10-13)17-23-24-18(25(17)22)26-11-14-15(20)5-4-6-16(14)21/h4-10H,11,22H2,1-3H3. The predicted octanol–water partition coefficient (Wildman–Crippen LogP) is 5.56. The Morgan fingerprint density at radius 2 is 1.62 bits per heavy atom. The van der Waals surface area contributed by atoms with E-state index in [2.05, 4.69) is 43.1 Å². The second-order valence-corrected chi connectivity index (χ2v) is 8.75. The Labute approximate surface area is 167 Å². The summed E-state index contributed by atoms with van der Waals surface area (Å²) in [5, 5.41) is 10.3. The number of nitrogens with two attached hydrogens (primary N) is 1. The quantitative estimate of drug-likeness (QED) is 0.455. The average molecular weight is 407 g/mol. The van der Waals surface area contributed by atoms with Crippen molar-refractivity contribution in [2.75, 3.05) is 5.84 Å². The lowest BCUT2D eigenvalue weighted by atomic mass is 9.87. The van der Waals surface area contributed by atoms with E-state index in [1.54, 1.807) is 0 Å². The van der Waals surface area contributed by atoms with Gasteiger partial charge in [-0.2, -0.15) is 0 Å². The Morgan fingerprint density at radius 3 is 2.19 bits per heavy atom. The lowest BCUT2D eigenvalue weighted by molar-refractivity contribution is 0.590. The maximum atomic E-state index is 6.22. The molecule has 0 atom stereocenters. The van der Waals surface area contributed by atoms with Crippen LogP contribution in [0, 0.1) is 0 Å². The van der Waals surface area contributed by atoms with Crippen LogP contribution in [0.1, 0.15) is 31.9 Å². The minimum atomic E-state index is 0.101. The van der Waals surface area contributed by atoms with Crippen molar-refractivity contribution in [1.29, 1.82) is 0 Å². The van der Waals surface area contributed by atoms with Crippen LogP contribution in [0.5, 0.6) is 0 Å². The van der Waals surface area contributed by atoms with Crippen molar-refractivity contribution in [2.24, 2.45) is 0 Å². The molecule has 7 heteroatoms. The highest BCUT2D eigenvalue weighted by Gasteiger charge is 2.16. The number of hydrogen-bond acceptors (Lipinski definition) is 4. The first-order valence-electron chi connectivity index (χ1n) is 8.14. The fourth-order valence-corrected chi connectivity index (χ4v) is 4.10. The highest BCUT2D eigenvalue weighted by Crippen LogP contribution is 2.32. The number of aromatic nitrogens is 3. The van der Waals surface area contributed by atoms with Crippen LogP contribution in [0.15, 0.2) is 47.6 Å². The molecule has 4 nitrogen and oxygen atoms in total. The summed E-state index contributed by atoms with van der Waals surface area (Å²) in [5.74, 6) is 7.39. The molecule has 2 aromatic carbocycles. The average Bonchev–Trinajstić information content (AvgIpc) is 2.95. The van der Waals surface area contributed by atoms with Gasteiger partial charge in [-0.15, -0.1) is 10.2 Å². The van der Waals surface area contributed by atoms with Crippen LogP contribution < -0.4 is 5.84 Å². The molecule has 0 aliphatic carbocycles. The maximum Gasteiger partial charge on any atom is 0.210 e. The molecule has 0 radical (unpaired) electrons. The van der Waals surface area contributed by atoms with Gasteiger partial charge < -0.3 is 5.84 Å². The van der Waals surface area contributed by atoms with Crippen molar-refractivity contribution in [1.82, 2.24) is 14.9 Å². The third kappa shape index (κ3) is 4.00. The molecule has 0 aliphatic heterocycles. The minimum absolute atomic E-state index is 0.101. The van der Waals surface area contributed by atoms with Gasteiger partial charge in [0.05, 0.1) is 0 Å². The molecule has 0 saturated carbocycles. The van der Waals surface area contributed by atoms with Crippen LogP contribution >= 0.6 is 35.0 Å². The highest BCUT2D eigenvalue weighted by atomic mass is 35.5. The van der Waals surface area contributed by atoms with Crippen LogP contribution in [0.25, 0.3) is 11.4 Å². The molecule has 0 bridgehead atoms. The van der Waals surface area contributed by atoms with Crippen molar-refractivity contribution in [3.8, 4) is 11.4 Å². The summed E-state index contributed by atoms with van der Waals surface area (Å²) in [7, 11) is 0. The van der Waals surface area contributed by atoms with E-state index in [1.165, 1.54) is 22.0 Å². The lowest BCUT2D eigenvalue weighted by Crippen LogP contribution is -2.12. The van der Waals surface area contributed by atoms with Gasteiger partial charge in [0.2, 0.25) is 5.16 Å². The Kier molecular flexibility index (Phi) is 5.51. The first-order valence-corrected chi connectivity index (χ1v) is 9.88. The van der Waals surface area contributed by atoms with E-state index in [0.717, 1.165) is 11.1 Å². The predicted molar refractivity (Wildman–Crippen MR) is 110 cm³/mol. The van der Waals surface area contributed by atoms with Gasteiger partial charge in [0.1, 0.15) is 0 Å². The van der Waals surface area contributed by atoms with Crippen LogP contribution in [0.3, 0.4) is 0 Å². The van der Waals surface area contributed by atoms with Crippen molar-refractivity contribution in [2.45, 2.75) is 37.1 Å². The summed E-state index contributed by atoms with van der Waals surface area (Å²) in [6, 6.07) is 13.7. The highest BCUT2D eigenvalue weighted by molar-refractivity contribution is 7.98. The monoisotopic (exact) mass is 406 g/mol. The lowest BCUT2D eigenvalue weighted by Gasteiger charge is -2.19. The van der Waals surface area contributed by atoms with Crippen molar-refractivity contribution in [3.63, 3.8) is 0 Å². The fourth-order valence-electron chi connectivity index (χ4n) is 2.50. The topological polar surface area (TPSA) is 56.7 Å². The molecule has 0 unspecified atom stereocenters. The van der Waals surface area contributed by atoms with Crippen LogP contribution in [-0.2, 0) is 11.2 Å². The zero-order valence-electron chi connectivity index (χ0n) is 14.8. The van der Waals surface area contributed by atoms with Gasteiger partial charge in [0.15, 0.2) is 5.82 Å². The zero-order chi connectivity index (χ0) is 18.9. The van der Waals surface area contributed by atoms with E-state index in [1.807, 2.05) is 30.3 Å². The molecule has 1 heterocycles. The molecular weight excluding hydrogens is 387 g/mol. The Bertz CT molecular complexity index is 894. The summed E-state index contributed by atoms with van der Waals surface area (Å²) in [4.78, 5) is 0. The third-order valence-electron chi connectivity index (χ3n) is 4.08. The molecule has 3 aromatic rings. The molecule has 0 saturated heterocycles. The first-order chi connectivity index (χ1) is 12.3. The second kappa shape index (κ2) is 7.51. The van der Waals surface area contributed by atoms with Crippen LogP contribution in [0.4, 0.5) is 0 Å². The number of thioether (sulfide) groups is 1. The summed E-state index contributed by atoms with van der Waals surface area (Å²) >= 11 is 13.9. The molecule has 26 heavy (non-hydrogen) atoms. The summed E-state index contributed by atoms with van der Waals surface area (Å²) < 4.78 is 1.50. The van der Waals surface area contributed by atoms with Gasteiger partial charge in [0.25, 0.3) is 0 Å². The molecule has 0 aliphatic rings. The molecule has 0 amide bonds. The largest absolute Gasteiger partial charge is 0.335 e. The van der Waals surface area contributed by atoms with E-state index in [4.69, 9.17) is 29.0 Å². The summed E-state index contributed by atoms with van der Waals surface area (Å²) in [5.41, 5.74) is 3.15. The van der Waals surface area contributed by atoms with Crippen molar-refractivity contribution in [3.05, 3.63) is 63.6 Å². The molecule has 3 rings (SSSR count). The van der Waals surface area contributed by atoms with Crippen LogP contribution in [0.2, 0.25) is 10.0 Å². The molecule has 0 fully saturated rings. The van der Waals surface area contributed by atoms with Gasteiger partial charge in [0, 0.05) is 21.4 Å². The number of nitrogen functional groups attached to an aromatic ring is 1. The van der Waals surface area contributed by atoms with E-state index >= 15 is 0 Å². The summed E-state index contributed by atoms with van der Waals surface area (Å²) in [6.07, 6.45) is 0. The smallest absolute Gasteiger partial charge is 0.210 e. The Hall–Kier alpha value is -1.69. The third-order valence-corrected chi connectivity index (χ3v) is 5.76. The van der Waals surface area contributed by atoms with Crippen molar-refractivity contribution >= 4 is 35.0 Å². The molecule has 0 spiro atoms. The zero-order valence-corrected chi connectivity index (χ0v) is 17.2. The van der Waals surface area contributed by atoms with E-state index in [9.17, 15) is 0 Å². The normalized spacial score (nSPS) is 11.7. The number of halogens is 2. The first kappa shape index (κ1) is 19.1. The number of benzene rings is 2. The Balaban J connectivity index is 1.80. The van der Waals surface area contributed by atoms with Gasteiger partial charge in [-0.1, -0.05) is 86.1 Å². The minimum Gasteiger partial charge on any atom is -0.335 e. The van der Waals surface area contributed by atoms with Crippen molar-refractivity contribution < 1.29 is 0 Å². The van der Waals surface area contributed by atoms with Gasteiger partial charge in [-0.05, 0) is 28.7 Å². The van der Waals surface area contributed by atoms with Gasteiger partial charge >= 0.3 is 0 Å². The second-order valence-electron chi connectivity index (χ2n) is 6.99. The number of nitrogens with zero attached hydrogens (tertiary/aromatic N) is 3. The molecule has 2 N–H and O–H groups in total. The Morgan fingerprint density at radius 1 is 1.00 bits per heavy atom. The molecular formula is C19H20Cl2N4S.